The van der Waals surface area contributed by atoms with Crippen LogP contribution in [0.2, 0.25) is 0 Å². The Morgan fingerprint density at radius 1 is 1.14 bits per heavy atom. The van der Waals surface area contributed by atoms with Gasteiger partial charge in [0.2, 0.25) is 0 Å². The molecule has 0 aliphatic heterocycles. The molecular weight excluding hydrogens is 268 g/mol. The monoisotopic (exact) mass is 284 g/mol. The molecule has 108 valence electrons. The van der Waals surface area contributed by atoms with Gasteiger partial charge in [-0.2, -0.15) is 0 Å². The van der Waals surface area contributed by atoms with E-state index in [1.54, 1.807) is 13.4 Å². The fourth-order valence-corrected chi connectivity index (χ4v) is 2.34. The summed E-state index contributed by atoms with van der Waals surface area (Å²) in [6.07, 6.45) is 3.04. The lowest BCUT2D eigenvalue weighted by Crippen LogP contribution is -1.95. The van der Waals surface area contributed by atoms with Crippen LogP contribution in [0.5, 0.6) is 5.75 Å². The van der Waals surface area contributed by atoms with Crippen LogP contribution in [0.1, 0.15) is 11.5 Å². The highest BCUT2D eigenvalue weighted by Crippen LogP contribution is 2.36. The molecule has 0 bridgehead atoms. The summed E-state index contributed by atoms with van der Waals surface area (Å²) in [6, 6.07) is 11.5. The lowest BCUT2D eigenvalue weighted by atomic mass is 10.0. The molecule has 0 fully saturated rings. The molecule has 0 radical (unpaired) electrons. The van der Waals surface area contributed by atoms with Crippen molar-refractivity contribution in [2.75, 3.05) is 12.8 Å². The van der Waals surface area contributed by atoms with Crippen LogP contribution in [0.4, 0.5) is 5.82 Å². The number of nitrogens with two attached hydrogens (primary N) is 1. The van der Waals surface area contributed by atoms with E-state index in [1.165, 1.54) is 0 Å². The van der Waals surface area contributed by atoms with Crippen LogP contribution in [0.3, 0.4) is 0 Å². The Kier molecular flexibility index (Phi) is 3.64. The average molecular weight is 284 g/mol. The first-order valence-electron chi connectivity index (χ1n) is 6.69. The van der Waals surface area contributed by atoms with E-state index >= 15 is 0 Å². The van der Waals surface area contributed by atoms with Crippen molar-refractivity contribution in [1.29, 1.82) is 0 Å². The second-order valence-electron chi connectivity index (χ2n) is 4.65. The van der Waals surface area contributed by atoms with Gasteiger partial charge < -0.3 is 19.4 Å². The SMILES string of the molecule is COc1ccccc1-c1c(N)noc1CCc1ccco1. The van der Waals surface area contributed by atoms with E-state index in [0.717, 1.165) is 34.8 Å². The Labute approximate surface area is 122 Å². The van der Waals surface area contributed by atoms with Crippen LogP contribution >= 0.6 is 0 Å². The van der Waals surface area contributed by atoms with Crippen molar-refractivity contribution in [2.45, 2.75) is 12.8 Å². The number of ether oxygens (including phenoxy) is 1. The summed E-state index contributed by atoms with van der Waals surface area (Å²) in [5, 5.41) is 3.88. The largest absolute Gasteiger partial charge is 0.496 e. The summed E-state index contributed by atoms with van der Waals surface area (Å²) in [6.45, 7) is 0. The lowest BCUT2D eigenvalue weighted by Gasteiger charge is -2.08. The summed E-state index contributed by atoms with van der Waals surface area (Å²) < 4.78 is 16.1. The summed E-state index contributed by atoms with van der Waals surface area (Å²) in [4.78, 5) is 0. The van der Waals surface area contributed by atoms with Crippen molar-refractivity contribution in [3.63, 3.8) is 0 Å². The molecular formula is C16H16N2O3. The second kappa shape index (κ2) is 5.75. The van der Waals surface area contributed by atoms with E-state index < -0.39 is 0 Å². The van der Waals surface area contributed by atoms with E-state index in [1.807, 2.05) is 36.4 Å². The molecule has 2 N–H and O–H groups in total. The zero-order valence-electron chi connectivity index (χ0n) is 11.7. The highest BCUT2D eigenvalue weighted by Gasteiger charge is 2.19. The maximum Gasteiger partial charge on any atom is 0.175 e. The van der Waals surface area contributed by atoms with Crippen molar-refractivity contribution in [2.24, 2.45) is 0 Å². The second-order valence-corrected chi connectivity index (χ2v) is 4.65. The van der Waals surface area contributed by atoms with Crippen molar-refractivity contribution >= 4 is 5.82 Å². The van der Waals surface area contributed by atoms with E-state index in [9.17, 15) is 0 Å². The maximum atomic E-state index is 5.96. The average Bonchev–Trinajstić information content (AvgIpc) is 3.14. The van der Waals surface area contributed by atoms with Crippen LogP contribution in [0.25, 0.3) is 11.1 Å². The quantitative estimate of drug-likeness (QED) is 0.778. The van der Waals surface area contributed by atoms with Gasteiger partial charge in [0.25, 0.3) is 0 Å². The summed E-state index contributed by atoms with van der Waals surface area (Å²) in [5.41, 5.74) is 7.64. The number of benzene rings is 1. The number of hydrogen-bond donors (Lipinski definition) is 1. The van der Waals surface area contributed by atoms with Crippen LogP contribution in [0.15, 0.2) is 51.6 Å². The van der Waals surface area contributed by atoms with Gasteiger partial charge in [-0.1, -0.05) is 23.4 Å². The highest BCUT2D eigenvalue weighted by molar-refractivity contribution is 5.80. The first-order chi connectivity index (χ1) is 10.3. The van der Waals surface area contributed by atoms with Crippen LogP contribution in [-0.4, -0.2) is 12.3 Å². The summed E-state index contributed by atoms with van der Waals surface area (Å²) in [5.74, 6) is 2.74. The Hall–Kier alpha value is -2.69. The predicted octanol–water partition coefficient (Wildman–Crippen LogP) is 3.31. The molecule has 5 heteroatoms. The maximum absolute atomic E-state index is 5.96. The van der Waals surface area contributed by atoms with Gasteiger partial charge in [0.1, 0.15) is 17.3 Å². The molecule has 2 heterocycles. The van der Waals surface area contributed by atoms with E-state index in [-0.39, 0.29) is 0 Å². The summed E-state index contributed by atoms with van der Waals surface area (Å²) in [7, 11) is 1.63. The van der Waals surface area contributed by atoms with Gasteiger partial charge in [0.05, 0.1) is 18.9 Å². The lowest BCUT2D eigenvalue weighted by molar-refractivity contribution is 0.381. The molecule has 21 heavy (non-hydrogen) atoms. The molecule has 3 aromatic rings. The standard InChI is InChI=1S/C16H16N2O3/c1-19-13-7-3-2-6-12(13)15-14(21-18-16(15)17)9-8-11-5-4-10-20-11/h2-7,10H,8-9H2,1H3,(H2,17,18). The minimum absolute atomic E-state index is 0.369. The number of nitrogen functional groups attached to an aromatic ring is 1. The third-order valence-corrected chi connectivity index (χ3v) is 3.34. The van der Waals surface area contributed by atoms with Crippen LogP contribution < -0.4 is 10.5 Å². The minimum Gasteiger partial charge on any atom is -0.496 e. The van der Waals surface area contributed by atoms with Crippen molar-refractivity contribution < 1.29 is 13.7 Å². The number of aryl methyl sites for hydroxylation is 2. The number of hydrogen-bond acceptors (Lipinski definition) is 5. The van der Waals surface area contributed by atoms with Gasteiger partial charge in [-0.15, -0.1) is 0 Å². The molecule has 0 atom stereocenters. The molecule has 0 aliphatic carbocycles. The number of furan rings is 1. The highest BCUT2D eigenvalue weighted by atomic mass is 16.5. The number of nitrogens with zero attached hydrogens (tertiary/aromatic N) is 1. The zero-order chi connectivity index (χ0) is 14.7. The van der Waals surface area contributed by atoms with Gasteiger partial charge in [-0.05, 0) is 18.2 Å². The smallest absolute Gasteiger partial charge is 0.175 e. The molecule has 5 nitrogen and oxygen atoms in total. The Morgan fingerprint density at radius 2 is 2.00 bits per heavy atom. The van der Waals surface area contributed by atoms with Crippen LogP contribution in [-0.2, 0) is 12.8 Å². The van der Waals surface area contributed by atoms with E-state index in [2.05, 4.69) is 5.16 Å². The predicted molar refractivity (Wildman–Crippen MR) is 79.0 cm³/mol. The Bertz CT molecular complexity index is 717. The fourth-order valence-electron chi connectivity index (χ4n) is 2.34. The number of aromatic nitrogens is 1. The third-order valence-electron chi connectivity index (χ3n) is 3.34. The number of para-hydroxylation sites is 1. The van der Waals surface area contributed by atoms with Crippen LogP contribution in [0, 0.1) is 0 Å². The molecule has 0 saturated heterocycles. The molecule has 0 saturated carbocycles. The van der Waals surface area contributed by atoms with Crippen molar-refractivity contribution in [3.05, 3.63) is 54.2 Å². The molecule has 1 aromatic carbocycles. The molecule has 0 spiro atoms. The summed E-state index contributed by atoms with van der Waals surface area (Å²) >= 11 is 0. The third kappa shape index (κ3) is 2.63. The van der Waals surface area contributed by atoms with E-state index in [0.29, 0.717) is 12.2 Å². The molecule has 0 unspecified atom stereocenters. The molecule has 3 rings (SSSR count). The van der Waals surface area contributed by atoms with Crippen molar-refractivity contribution in [3.8, 4) is 16.9 Å². The Morgan fingerprint density at radius 3 is 2.76 bits per heavy atom. The minimum atomic E-state index is 0.369. The molecule has 0 aliphatic rings. The van der Waals surface area contributed by atoms with Gasteiger partial charge >= 0.3 is 0 Å². The fraction of sp³-hybridized carbons (Fsp3) is 0.188. The molecule has 0 amide bonds. The molecule has 2 aromatic heterocycles. The number of methoxy groups -OCH3 is 1. The topological polar surface area (TPSA) is 74.4 Å². The Balaban J connectivity index is 1.93. The number of anilines is 1. The van der Waals surface area contributed by atoms with Gasteiger partial charge in [-0.3, -0.25) is 0 Å². The zero-order valence-corrected chi connectivity index (χ0v) is 11.7. The first-order valence-corrected chi connectivity index (χ1v) is 6.69. The van der Waals surface area contributed by atoms with E-state index in [4.69, 9.17) is 19.4 Å². The van der Waals surface area contributed by atoms with Gasteiger partial charge in [0.15, 0.2) is 5.82 Å². The number of rotatable bonds is 5. The normalized spacial score (nSPS) is 10.7. The van der Waals surface area contributed by atoms with Crippen molar-refractivity contribution in [1.82, 2.24) is 5.16 Å². The van der Waals surface area contributed by atoms with Gasteiger partial charge in [-0.25, -0.2) is 0 Å². The van der Waals surface area contributed by atoms with Gasteiger partial charge in [0, 0.05) is 18.4 Å². The first kappa shape index (κ1) is 13.3.